The molecule has 1 saturated heterocycles. The Kier molecular flexibility index (Phi) is 3.80. The molecule has 3 rings (SSSR count). The minimum Gasteiger partial charge on any atom is -0.494 e. The zero-order chi connectivity index (χ0) is 14.9. The molecule has 0 radical (unpaired) electrons. The van der Waals surface area contributed by atoms with Crippen LogP contribution in [0, 0.1) is 5.92 Å². The summed E-state index contributed by atoms with van der Waals surface area (Å²) in [7, 11) is 1.54. The van der Waals surface area contributed by atoms with E-state index in [4.69, 9.17) is 4.74 Å². The first kappa shape index (κ1) is 14.3. The van der Waals surface area contributed by atoms with Crippen molar-refractivity contribution in [1.29, 1.82) is 0 Å². The number of piperidine rings is 1. The van der Waals surface area contributed by atoms with Gasteiger partial charge in [0.05, 0.1) is 25.1 Å². The van der Waals surface area contributed by atoms with Gasteiger partial charge in [-0.05, 0) is 19.3 Å². The van der Waals surface area contributed by atoms with E-state index in [1.807, 2.05) is 0 Å². The fraction of sp³-hybridized carbons (Fsp3) is 0.667. The maximum atomic E-state index is 12.5. The maximum absolute atomic E-state index is 12.5. The lowest BCUT2D eigenvalue weighted by molar-refractivity contribution is -0.0887. The number of carbonyl (C=O) groups excluding carboxylic acids is 1. The Bertz CT molecular complexity index is 519. The first-order valence-electron chi connectivity index (χ1n) is 7.50. The van der Waals surface area contributed by atoms with Crippen LogP contribution in [0.3, 0.4) is 0 Å². The lowest BCUT2D eigenvalue weighted by Gasteiger charge is -2.47. The van der Waals surface area contributed by atoms with Gasteiger partial charge in [-0.2, -0.15) is 0 Å². The average Bonchev–Trinajstić information content (AvgIpc) is 2.53. The third kappa shape index (κ3) is 2.72. The quantitative estimate of drug-likeness (QED) is 0.887. The Morgan fingerprint density at radius 3 is 2.86 bits per heavy atom. The van der Waals surface area contributed by atoms with Crippen LogP contribution >= 0.6 is 0 Å². The van der Waals surface area contributed by atoms with Crippen LogP contribution < -0.4 is 4.74 Å². The van der Waals surface area contributed by atoms with Crippen molar-refractivity contribution in [2.24, 2.45) is 5.92 Å². The number of carbonyl (C=O) groups is 1. The molecule has 1 aliphatic carbocycles. The standard InChI is InChI=1S/C15H21N3O3/c1-21-12-8-16-13(17-9-12)14(19)18-7-6-15(20)5-3-2-4-11(15)10-18/h8-9,11,20H,2-7,10H2,1H3. The molecule has 6 nitrogen and oxygen atoms in total. The van der Waals surface area contributed by atoms with Gasteiger partial charge in [-0.3, -0.25) is 4.79 Å². The minimum atomic E-state index is -0.574. The molecule has 2 fully saturated rings. The molecule has 2 aliphatic rings. The third-order valence-electron chi connectivity index (χ3n) is 4.77. The van der Waals surface area contributed by atoms with Crippen LogP contribution in [0.1, 0.15) is 42.7 Å². The third-order valence-corrected chi connectivity index (χ3v) is 4.77. The highest BCUT2D eigenvalue weighted by molar-refractivity contribution is 5.90. The van der Waals surface area contributed by atoms with Gasteiger partial charge in [-0.15, -0.1) is 0 Å². The van der Waals surface area contributed by atoms with Gasteiger partial charge in [0.25, 0.3) is 5.91 Å². The second-order valence-electron chi connectivity index (χ2n) is 5.99. The van der Waals surface area contributed by atoms with E-state index in [-0.39, 0.29) is 17.6 Å². The molecule has 6 heteroatoms. The Morgan fingerprint density at radius 1 is 1.38 bits per heavy atom. The summed E-state index contributed by atoms with van der Waals surface area (Å²) in [5.74, 6) is 0.747. The predicted octanol–water partition coefficient (Wildman–Crippen LogP) is 1.25. The van der Waals surface area contributed by atoms with E-state index in [1.54, 1.807) is 4.90 Å². The summed E-state index contributed by atoms with van der Waals surface area (Å²) in [5.41, 5.74) is -0.574. The lowest BCUT2D eigenvalue weighted by Crippen LogP contribution is -2.54. The molecule has 0 aromatic carbocycles. The van der Waals surface area contributed by atoms with Gasteiger partial charge in [0, 0.05) is 19.0 Å². The molecule has 0 spiro atoms. The Hall–Kier alpha value is -1.69. The summed E-state index contributed by atoms with van der Waals surface area (Å²) >= 11 is 0. The molecule has 1 amide bonds. The van der Waals surface area contributed by atoms with Crippen molar-refractivity contribution in [3.05, 3.63) is 18.2 Å². The normalized spacial score (nSPS) is 28.9. The highest BCUT2D eigenvalue weighted by Crippen LogP contribution is 2.39. The van der Waals surface area contributed by atoms with Crippen LogP contribution in [0.5, 0.6) is 5.75 Å². The lowest BCUT2D eigenvalue weighted by atomic mass is 9.71. The number of hydrogen-bond acceptors (Lipinski definition) is 5. The van der Waals surface area contributed by atoms with Crippen LogP contribution in [0.4, 0.5) is 0 Å². The van der Waals surface area contributed by atoms with Crippen molar-refractivity contribution in [2.45, 2.75) is 37.7 Å². The number of likely N-dealkylation sites (tertiary alicyclic amines) is 1. The van der Waals surface area contributed by atoms with E-state index < -0.39 is 5.60 Å². The van der Waals surface area contributed by atoms with E-state index in [2.05, 4.69) is 9.97 Å². The molecule has 1 aromatic rings. The number of amides is 1. The largest absolute Gasteiger partial charge is 0.494 e. The van der Waals surface area contributed by atoms with E-state index >= 15 is 0 Å². The Balaban J connectivity index is 1.70. The summed E-state index contributed by atoms with van der Waals surface area (Å²) in [6.07, 6.45) is 7.72. The zero-order valence-electron chi connectivity index (χ0n) is 12.3. The predicted molar refractivity (Wildman–Crippen MR) is 76.0 cm³/mol. The number of hydrogen-bond donors (Lipinski definition) is 1. The van der Waals surface area contributed by atoms with E-state index in [1.165, 1.54) is 19.5 Å². The maximum Gasteiger partial charge on any atom is 0.291 e. The SMILES string of the molecule is COc1cnc(C(=O)N2CCC3(O)CCCCC3C2)nc1. The molecule has 1 aromatic heterocycles. The number of aromatic nitrogens is 2. The molecule has 2 heterocycles. The van der Waals surface area contributed by atoms with Crippen molar-refractivity contribution < 1.29 is 14.6 Å². The van der Waals surface area contributed by atoms with Crippen LogP contribution in [-0.2, 0) is 0 Å². The van der Waals surface area contributed by atoms with Crippen molar-refractivity contribution in [3.8, 4) is 5.75 Å². The topological polar surface area (TPSA) is 75.5 Å². The van der Waals surface area contributed by atoms with Gasteiger partial charge in [0.1, 0.15) is 0 Å². The van der Waals surface area contributed by atoms with Crippen molar-refractivity contribution >= 4 is 5.91 Å². The van der Waals surface area contributed by atoms with Gasteiger partial charge >= 0.3 is 0 Å². The molecule has 1 aliphatic heterocycles. The fourth-order valence-electron chi connectivity index (χ4n) is 3.43. The van der Waals surface area contributed by atoms with Gasteiger partial charge in [-0.25, -0.2) is 9.97 Å². The molecule has 2 unspecified atom stereocenters. The number of ether oxygens (including phenoxy) is 1. The number of methoxy groups -OCH3 is 1. The molecule has 114 valence electrons. The highest BCUT2D eigenvalue weighted by atomic mass is 16.5. The van der Waals surface area contributed by atoms with Gasteiger partial charge in [0.15, 0.2) is 5.75 Å². The number of aliphatic hydroxyl groups is 1. The van der Waals surface area contributed by atoms with Crippen molar-refractivity contribution in [3.63, 3.8) is 0 Å². The van der Waals surface area contributed by atoms with Gasteiger partial charge in [0.2, 0.25) is 5.82 Å². The van der Waals surface area contributed by atoms with Crippen molar-refractivity contribution in [1.82, 2.24) is 14.9 Å². The van der Waals surface area contributed by atoms with E-state index in [0.29, 0.717) is 25.3 Å². The number of nitrogens with zero attached hydrogens (tertiary/aromatic N) is 3. The zero-order valence-corrected chi connectivity index (χ0v) is 12.3. The monoisotopic (exact) mass is 291 g/mol. The first-order chi connectivity index (χ1) is 10.1. The van der Waals surface area contributed by atoms with E-state index in [9.17, 15) is 9.90 Å². The summed E-state index contributed by atoms with van der Waals surface area (Å²) in [6.45, 7) is 1.17. The molecular weight excluding hydrogens is 270 g/mol. The van der Waals surface area contributed by atoms with Crippen LogP contribution in [0.2, 0.25) is 0 Å². The second kappa shape index (κ2) is 5.60. The van der Waals surface area contributed by atoms with Crippen LogP contribution in [-0.4, -0.2) is 51.7 Å². The molecule has 1 saturated carbocycles. The molecule has 0 bridgehead atoms. The molecular formula is C15H21N3O3. The minimum absolute atomic E-state index is 0.162. The Morgan fingerprint density at radius 2 is 2.14 bits per heavy atom. The summed E-state index contributed by atoms with van der Waals surface area (Å²) in [6, 6.07) is 0. The summed E-state index contributed by atoms with van der Waals surface area (Å²) in [5, 5.41) is 10.6. The highest BCUT2D eigenvalue weighted by Gasteiger charge is 2.44. The van der Waals surface area contributed by atoms with E-state index in [0.717, 1.165) is 25.7 Å². The molecule has 21 heavy (non-hydrogen) atoms. The first-order valence-corrected chi connectivity index (χ1v) is 7.50. The van der Waals surface area contributed by atoms with Gasteiger partial charge < -0.3 is 14.7 Å². The van der Waals surface area contributed by atoms with Gasteiger partial charge in [-0.1, -0.05) is 12.8 Å². The number of rotatable bonds is 2. The fourth-order valence-corrected chi connectivity index (χ4v) is 3.43. The second-order valence-corrected chi connectivity index (χ2v) is 5.99. The summed E-state index contributed by atoms with van der Waals surface area (Å²) in [4.78, 5) is 22.3. The Labute approximate surface area is 124 Å². The summed E-state index contributed by atoms with van der Waals surface area (Å²) < 4.78 is 5.00. The van der Waals surface area contributed by atoms with Crippen LogP contribution in [0.25, 0.3) is 0 Å². The molecule has 1 N–H and O–H groups in total. The number of fused-ring (bicyclic) bond motifs is 1. The smallest absolute Gasteiger partial charge is 0.291 e. The van der Waals surface area contributed by atoms with Crippen molar-refractivity contribution in [2.75, 3.05) is 20.2 Å². The van der Waals surface area contributed by atoms with Crippen LogP contribution in [0.15, 0.2) is 12.4 Å². The average molecular weight is 291 g/mol. The molecule has 2 atom stereocenters.